The van der Waals surface area contributed by atoms with E-state index in [1.165, 1.54) is 0 Å². The van der Waals surface area contributed by atoms with Crippen molar-refractivity contribution in [1.82, 2.24) is 4.98 Å². The van der Waals surface area contributed by atoms with Gasteiger partial charge in [-0.25, -0.2) is 0 Å². The first-order valence-corrected chi connectivity index (χ1v) is 7.22. The second kappa shape index (κ2) is 7.64. The maximum Gasteiger partial charge on any atom is 0.164 e. The van der Waals surface area contributed by atoms with E-state index in [9.17, 15) is 0 Å². The summed E-state index contributed by atoms with van der Waals surface area (Å²) in [4.78, 5) is 4.18. The Hall–Kier alpha value is -2.07. The van der Waals surface area contributed by atoms with Gasteiger partial charge in [0.15, 0.2) is 11.5 Å². The first-order valence-electron chi connectivity index (χ1n) is 7.22. The lowest BCUT2D eigenvalue weighted by molar-refractivity contribution is 0.266. The van der Waals surface area contributed by atoms with Gasteiger partial charge in [-0.15, -0.1) is 0 Å². The zero-order chi connectivity index (χ0) is 15.1. The van der Waals surface area contributed by atoms with Gasteiger partial charge in [0.2, 0.25) is 0 Å². The molecule has 1 heterocycles. The highest BCUT2D eigenvalue weighted by Crippen LogP contribution is 2.32. The monoisotopic (exact) mass is 286 g/mol. The number of rotatable bonds is 7. The minimum Gasteiger partial charge on any atom is -0.490 e. The topological polar surface area (TPSA) is 57.4 Å². The van der Waals surface area contributed by atoms with Crippen molar-refractivity contribution in [1.29, 1.82) is 0 Å². The molecule has 0 bridgehead atoms. The fourth-order valence-corrected chi connectivity index (χ4v) is 2.20. The molecule has 0 radical (unpaired) electrons. The number of para-hydroxylation sites is 1. The fraction of sp³-hybridized carbons (Fsp3) is 0.353. The molecule has 4 heteroatoms. The molecule has 0 fully saturated rings. The Morgan fingerprint density at radius 2 is 2.05 bits per heavy atom. The molecule has 112 valence electrons. The van der Waals surface area contributed by atoms with Crippen LogP contribution in [0.4, 0.5) is 0 Å². The average Bonchev–Trinajstić information content (AvgIpc) is 2.47. The first kappa shape index (κ1) is 15.3. The van der Waals surface area contributed by atoms with Crippen LogP contribution in [0.5, 0.6) is 11.5 Å². The Labute approximate surface area is 125 Å². The summed E-state index contributed by atoms with van der Waals surface area (Å²) in [7, 11) is 0. The lowest BCUT2D eigenvalue weighted by atomic mass is 10.1. The molecule has 21 heavy (non-hydrogen) atoms. The minimum absolute atomic E-state index is 0.469. The second-order valence-corrected chi connectivity index (χ2v) is 4.88. The number of pyridine rings is 1. The molecular formula is C17H22N2O2. The molecule has 0 saturated heterocycles. The first-order chi connectivity index (χ1) is 10.2. The Kier molecular flexibility index (Phi) is 5.58. The normalized spacial score (nSPS) is 10.4. The largest absolute Gasteiger partial charge is 0.490 e. The van der Waals surface area contributed by atoms with Gasteiger partial charge in [0, 0.05) is 18.0 Å². The SMILES string of the molecule is CCOc1cccc(CCN)c1OCc1cncc(C)c1. The van der Waals surface area contributed by atoms with Gasteiger partial charge in [-0.1, -0.05) is 12.1 Å². The number of hydrogen-bond donors (Lipinski definition) is 1. The van der Waals surface area contributed by atoms with Gasteiger partial charge in [-0.05, 0) is 50.1 Å². The number of ether oxygens (including phenoxy) is 2. The van der Waals surface area contributed by atoms with E-state index in [1.54, 1.807) is 0 Å². The molecule has 0 aliphatic carbocycles. The van der Waals surface area contributed by atoms with E-state index in [1.807, 2.05) is 44.4 Å². The van der Waals surface area contributed by atoms with Crippen LogP contribution >= 0.6 is 0 Å². The number of aromatic nitrogens is 1. The van der Waals surface area contributed by atoms with Crippen molar-refractivity contribution in [3.8, 4) is 11.5 Å². The van der Waals surface area contributed by atoms with Crippen LogP contribution in [0, 0.1) is 6.92 Å². The lowest BCUT2D eigenvalue weighted by Crippen LogP contribution is -2.07. The fourth-order valence-electron chi connectivity index (χ4n) is 2.20. The van der Waals surface area contributed by atoms with Crippen molar-refractivity contribution in [2.24, 2.45) is 5.73 Å². The third kappa shape index (κ3) is 4.20. The van der Waals surface area contributed by atoms with Crippen LogP contribution in [0.1, 0.15) is 23.6 Å². The Morgan fingerprint density at radius 1 is 1.19 bits per heavy atom. The van der Waals surface area contributed by atoms with Crippen LogP contribution in [0.25, 0.3) is 0 Å². The van der Waals surface area contributed by atoms with Crippen molar-refractivity contribution < 1.29 is 9.47 Å². The average molecular weight is 286 g/mol. The second-order valence-electron chi connectivity index (χ2n) is 4.88. The van der Waals surface area contributed by atoms with E-state index in [-0.39, 0.29) is 0 Å². The number of aryl methyl sites for hydroxylation is 1. The molecular weight excluding hydrogens is 264 g/mol. The maximum atomic E-state index is 5.99. The van der Waals surface area contributed by atoms with Crippen LogP contribution in [0.15, 0.2) is 36.7 Å². The Morgan fingerprint density at radius 3 is 2.76 bits per heavy atom. The van der Waals surface area contributed by atoms with Gasteiger partial charge in [0.25, 0.3) is 0 Å². The van der Waals surface area contributed by atoms with Gasteiger partial charge in [0.1, 0.15) is 6.61 Å². The van der Waals surface area contributed by atoms with E-state index in [2.05, 4.69) is 11.1 Å². The highest BCUT2D eigenvalue weighted by atomic mass is 16.5. The van der Waals surface area contributed by atoms with Crippen LogP contribution in [-0.2, 0) is 13.0 Å². The van der Waals surface area contributed by atoms with Gasteiger partial charge in [-0.3, -0.25) is 4.98 Å². The standard InChI is InChI=1S/C17H22N2O2/c1-3-20-16-6-4-5-15(7-8-18)17(16)21-12-14-9-13(2)10-19-11-14/h4-6,9-11H,3,7-8,12,18H2,1-2H3. The molecule has 0 amide bonds. The summed E-state index contributed by atoms with van der Waals surface area (Å²) in [5, 5.41) is 0. The molecule has 0 saturated carbocycles. The highest BCUT2D eigenvalue weighted by Gasteiger charge is 2.11. The number of benzene rings is 1. The van der Waals surface area contributed by atoms with Crippen molar-refractivity contribution in [3.63, 3.8) is 0 Å². The number of nitrogens with two attached hydrogens (primary N) is 1. The molecule has 2 rings (SSSR count). The van der Waals surface area contributed by atoms with E-state index in [4.69, 9.17) is 15.2 Å². The van der Waals surface area contributed by atoms with Crippen LogP contribution in [-0.4, -0.2) is 18.1 Å². The molecule has 1 aromatic heterocycles. The van der Waals surface area contributed by atoms with E-state index < -0.39 is 0 Å². The minimum atomic E-state index is 0.469. The lowest BCUT2D eigenvalue weighted by Gasteiger charge is -2.15. The van der Waals surface area contributed by atoms with E-state index in [0.717, 1.165) is 34.6 Å². The molecule has 0 unspecified atom stereocenters. The van der Waals surface area contributed by atoms with Crippen LogP contribution < -0.4 is 15.2 Å². The molecule has 0 atom stereocenters. The maximum absolute atomic E-state index is 5.99. The summed E-state index contributed by atoms with van der Waals surface area (Å²) in [6, 6.07) is 7.99. The molecule has 4 nitrogen and oxygen atoms in total. The van der Waals surface area contributed by atoms with Gasteiger partial charge < -0.3 is 15.2 Å². The highest BCUT2D eigenvalue weighted by molar-refractivity contribution is 5.47. The van der Waals surface area contributed by atoms with Gasteiger partial charge in [-0.2, -0.15) is 0 Å². The third-order valence-electron chi connectivity index (χ3n) is 3.09. The summed E-state index contributed by atoms with van der Waals surface area (Å²) in [5.74, 6) is 1.55. The number of nitrogens with zero attached hydrogens (tertiary/aromatic N) is 1. The molecule has 2 aromatic rings. The van der Waals surface area contributed by atoms with E-state index in [0.29, 0.717) is 19.8 Å². The summed E-state index contributed by atoms with van der Waals surface area (Å²) in [5.41, 5.74) is 8.91. The molecule has 1 aromatic carbocycles. The predicted molar refractivity (Wildman–Crippen MR) is 83.7 cm³/mol. The summed E-state index contributed by atoms with van der Waals surface area (Å²) >= 11 is 0. The van der Waals surface area contributed by atoms with Crippen molar-refractivity contribution >= 4 is 0 Å². The summed E-state index contributed by atoms with van der Waals surface area (Å²) in [6.07, 6.45) is 4.42. The van der Waals surface area contributed by atoms with Gasteiger partial charge >= 0.3 is 0 Å². The number of hydrogen-bond acceptors (Lipinski definition) is 4. The molecule has 2 N–H and O–H groups in total. The summed E-state index contributed by atoms with van der Waals surface area (Å²) in [6.45, 7) is 5.64. The van der Waals surface area contributed by atoms with E-state index >= 15 is 0 Å². The van der Waals surface area contributed by atoms with Crippen LogP contribution in [0.2, 0.25) is 0 Å². The van der Waals surface area contributed by atoms with Crippen LogP contribution in [0.3, 0.4) is 0 Å². The molecule has 0 spiro atoms. The molecule has 0 aliphatic heterocycles. The Bertz CT molecular complexity index is 561. The Balaban J connectivity index is 2.20. The summed E-state index contributed by atoms with van der Waals surface area (Å²) < 4.78 is 11.6. The van der Waals surface area contributed by atoms with Gasteiger partial charge in [0.05, 0.1) is 6.61 Å². The zero-order valence-corrected chi connectivity index (χ0v) is 12.6. The molecule has 0 aliphatic rings. The quantitative estimate of drug-likeness (QED) is 0.850. The van der Waals surface area contributed by atoms with Crippen molar-refractivity contribution in [3.05, 3.63) is 53.3 Å². The van der Waals surface area contributed by atoms with Crippen molar-refractivity contribution in [2.45, 2.75) is 26.9 Å². The zero-order valence-electron chi connectivity index (χ0n) is 12.6. The third-order valence-corrected chi connectivity index (χ3v) is 3.09. The smallest absolute Gasteiger partial charge is 0.164 e. The predicted octanol–water partition coefficient (Wildman–Crippen LogP) is 2.87. The van der Waals surface area contributed by atoms with Crippen molar-refractivity contribution in [2.75, 3.05) is 13.2 Å².